The summed E-state index contributed by atoms with van der Waals surface area (Å²) in [5.74, 6) is 0.208. The van der Waals surface area contributed by atoms with E-state index < -0.39 is 9.84 Å². The number of likely N-dealkylation sites (tertiary alicyclic amines) is 1. The second-order valence-electron chi connectivity index (χ2n) is 6.18. The number of sulfone groups is 1. The van der Waals surface area contributed by atoms with E-state index >= 15 is 0 Å². The summed E-state index contributed by atoms with van der Waals surface area (Å²) in [6.45, 7) is 4.09. The zero-order valence-electron chi connectivity index (χ0n) is 13.4. The van der Waals surface area contributed by atoms with Crippen molar-refractivity contribution in [3.8, 4) is 0 Å². The van der Waals surface area contributed by atoms with Crippen LogP contribution in [0.25, 0.3) is 0 Å². The molecular weight excluding hydrogens is 298 g/mol. The van der Waals surface area contributed by atoms with E-state index in [1.807, 2.05) is 19.1 Å². The number of hydrogen-bond acceptors (Lipinski definition) is 4. The molecule has 1 N–H and O–H groups in total. The van der Waals surface area contributed by atoms with Crippen LogP contribution in [0.2, 0.25) is 0 Å². The van der Waals surface area contributed by atoms with Gasteiger partial charge in [-0.3, -0.25) is 0 Å². The van der Waals surface area contributed by atoms with Gasteiger partial charge in [0.15, 0.2) is 9.84 Å². The van der Waals surface area contributed by atoms with E-state index in [9.17, 15) is 8.42 Å². The Morgan fingerprint density at radius 1 is 1.23 bits per heavy atom. The van der Waals surface area contributed by atoms with Crippen LogP contribution in [-0.4, -0.2) is 49.9 Å². The van der Waals surface area contributed by atoms with E-state index in [2.05, 4.69) is 4.90 Å². The molecule has 0 bridgehead atoms. The van der Waals surface area contributed by atoms with Gasteiger partial charge in [-0.25, -0.2) is 8.42 Å². The van der Waals surface area contributed by atoms with Crippen LogP contribution in [-0.2, 0) is 9.84 Å². The topological polar surface area (TPSA) is 57.6 Å². The lowest BCUT2D eigenvalue weighted by atomic mass is 10.1. The van der Waals surface area contributed by atoms with Gasteiger partial charge in [0.25, 0.3) is 0 Å². The number of nitrogens with zero attached hydrogens (tertiary/aromatic N) is 1. The largest absolute Gasteiger partial charge is 0.396 e. The second-order valence-corrected chi connectivity index (χ2v) is 8.29. The van der Waals surface area contributed by atoms with Gasteiger partial charge in [-0.2, -0.15) is 0 Å². The average molecular weight is 325 g/mol. The minimum absolute atomic E-state index is 0.208. The molecule has 0 spiro atoms. The van der Waals surface area contributed by atoms with Crippen LogP contribution in [0.4, 0.5) is 0 Å². The molecule has 1 atom stereocenters. The maximum atomic E-state index is 12.3. The quantitative estimate of drug-likeness (QED) is 0.797. The molecule has 0 aromatic heterocycles. The number of benzene rings is 1. The minimum Gasteiger partial charge on any atom is -0.396 e. The molecule has 1 unspecified atom stereocenters. The predicted octanol–water partition coefficient (Wildman–Crippen LogP) is 2.40. The molecule has 2 rings (SSSR count). The van der Waals surface area contributed by atoms with Gasteiger partial charge in [-0.15, -0.1) is 0 Å². The molecule has 1 aromatic carbocycles. The maximum Gasteiger partial charge on any atom is 0.178 e. The van der Waals surface area contributed by atoms with Gasteiger partial charge in [0.1, 0.15) is 0 Å². The second kappa shape index (κ2) is 8.09. The van der Waals surface area contributed by atoms with Crippen molar-refractivity contribution >= 4 is 9.84 Å². The molecule has 4 nitrogen and oxygen atoms in total. The highest BCUT2D eigenvalue weighted by atomic mass is 32.2. The summed E-state index contributed by atoms with van der Waals surface area (Å²) in [5, 5.41) is 8.94. The molecular formula is C17H27NO3S. The van der Waals surface area contributed by atoms with Crippen LogP contribution in [0.15, 0.2) is 29.2 Å². The highest BCUT2D eigenvalue weighted by molar-refractivity contribution is 7.91. The molecule has 124 valence electrons. The summed E-state index contributed by atoms with van der Waals surface area (Å²) in [7, 11) is -3.17. The van der Waals surface area contributed by atoms with Crippen molar-refractivity contribution in [2.24, 2.45) is 0 Å². The lowest BCUT2D eigenvalue weighted by Gasteiger charge is -2.24. The first-order valence-corrected chi connectivity index (χ1v) is 9.82. The van der Waals surface area contributed by atoms with Crippen molar-refractivity contribution in [1.29, 1.82) is 0 Å². The third kappa shape index (κ3) is 4.80. The molecule has 1 aromatic rings. The summed E-state index contributed by atoms with van der Waals surface area (Å²) in [4.78, 5) is 2.82. The van der Waals surface area contributed by atoms with Crippen LogP contribution in [0.5, 0.6) is 0 Å². The standard InChI is InChI=1S/C17H27NO3S/c1-15-7-9-17(10-8-15)22(20,21)14-4-12-18-11-2-5-16(18)6-3-13-19/h7-10,16,19H,2-6,11-14H2,1H3. The van der Waals surface area contributed by atoms with Gasteiger partial charge < -0.3 is 10.0 Å². The predicted molar refractivity (Wildman–Crippen MR) is 88.8 cm³/mol. The number of rotatable bonds is 8. The SMILES string of the molecule is Cc1ccc(S(=O)(=O)CCCN2CCCC2CCCO)cc1. The van der Waals surface area contributed by atoms with E-state index in [0.717, 1.165) is 31.5 Å². The fourth-order valence-electron chi connectivity index (χ4n) is 3.16. The summed E-state index contributed by atoms with van der Waals surface area (Å²) >= 11 is 0. The van der Waals surface area contributed by atoms with Gasteiger partial charge in [0.2, 0.25) is 0 Å². The van der Waals surface area contributed by atoms with E-state index in [1.165, 1.54) is 12.8 Å². The fraction of sp³-hybridized carbons (Fsp3) is 0.647. The van der Waals surface area contributed by atoms with E-state index in [4.69, 9.17) is 5.11 Å². The molecule has 1 aliphatic rings. The fourth-order valence-corrected chi connectivity index (χ4v) is 4.46. The average Bonchev–Trinajstić information content (AvgIpc) is 2.93. The molecule has 1 heterocycles. The van der Waals surface area contributed by atoms with E-state index in [0.29, 0.717) is 17.4 Å². The zero-order chi connectivity index (χ0) is 16.0. The summed E-state index contributed by atoms with van der Waals surface area (Å²) in [6, 6.07) is 7.61. The molecule has 0 saturated carbocycles. The van der Waals surface area contributed by atoms with E-state index in [1.54, 1.807) is 12.1 Å². The first-order chi connectivity index (χ1) is 10.5. The van der Waals surface area contributed by atoms with Crippen molar-refractivity contribution in [3.05, 3.63) is 29.8 Å². The van der Waals surface area contributed by atoms with Gasteiger partial charge >= 0.3 is 0 Å². The Kier molecular flexibility index (Phi) is 6.41. The molecule has 5 heteroatoms. The molecule has 1 aliphatic heterocycles. The van der Waals surface area contributed by atoms with Crippen molar-refractivity contribution in [3.63, 3.8) is 0 Å². The maximum absolute atomic E-state index is 12.3. The lowest BCUT2D eigenvalue weighted by Crippen LogP contribution is -2.31. The number of aliphatic hydroxyl groups is 1. The molecule has 0 amide bonds. The Balaban J connectivity index is 1.83. The third-order valence-corrected chi connectivity index (χ3v) is 6.25. The summed E-state index contributed by atoms with van der Waals surface area (Å²) in [5.41, 5.74) is 1.07. The third-order valence-electron chi connectivity index (χ3n) is 4.43. The Bertz CT molecular complexity index is 554. The molecule has 0 radical (unpaired) electrons. The highest BCUT2D eigenvalue weighted by Crippen LogP contribution is 2.22. The summed E-state index contributed by atoms with van der Waals surface area (Å²) < 4.78 is 24.6. The first-order valence-electron chi connectivity index (χ1n) is 8.17. The Morgan fingerprint density at radius 2 is 1.95 bits per heavy atom. The van der Waals surface area contributed by atoms with Crippen LogP contribution >= 0.6 is 0 Å². The van der Waals surface area contributed by atoms with Gasteiger partial charge in [0.05, 0.1) is 10.6 Å². The highest BCUT2D eigenvalue weighted by Gasteiger charge is 2.24. The Labute approximate surface area is 134 Å². The number of aryl methyl sites for hydroxylation is 1. The molecule has 0 aliphatic carbocycles. The van der Waals surface area contributed by atoms with Gasteiger partial charge in [-0.1, -0.05) is 17.7 Å². The molecule has 1 saturated heterocycles. The minimum atomic E-state index is -3.17. The first kappa shape index (κ1) is 17.4. The van der Waals surface area contributed by atoms with Crippen LogP contribution in [0.3, 0.4) is 0 Å². The monoisotopic (exact) mass is 325 g/mol. The number of hydrogen-bond donors (Lipinski definition) is 1. The van der Waals surface area contributed by atoms with Crippen molar-refractivity contribution in [2.75, 3.05) is 25.4 Å². The van der Waals surface area contributed by atoms with Crippen molar-refractivity contribution < 1.29 is 13.5 Å². The smallest absolute Gasteiger partial charge is 0.178 e. The van der Waals surface area contributed by atoms with Crippen molar-refractivity contribution in [1.82, 2.24) is 4.90 Å². The van der Waals surface area contributed by atoms with Crippen LogP contribution in [0, 0.1) is 6.92 Å². The van der Waals surface area contributed by atoms with Gasteiger partial charge in [0, 0.05) is 12.6 Å². The van der Waals surface area contributed by atoms with Crippen LogP contribution < -0.4 is 0 Å². The number of aliphatic hydroxyl groups excluding tert-OH is 1. The lowest BCUT2D eigenvalue weighted by molar-refractivity contribution is 0.216. The normalized spacial score (nSPS) is 19.6. The van der Waals surface area contributed by atoms with E-state index in [-0.39, 0.29) is 12.4 Å². The Hall–Kier alpha value is -0.910. The van der Waals surface area contributed by atoms with Crippen LogP contribution in [0.1, 0.15) is 37.7 Å². The van der Waals surface area contributed by atoms with Crippen molar-refractivity contribution in [2.45, 2.75) is 50.0 Å². The molecule has 22 heavy (non-hydrogen) atoms. The summed E-state index contributed by atoms with van der Waals surface area (Å²) in [6.07, 6.45) is 4.88. The van der Waals surface area contributed by atoms with Gasteiger partial charge in [-0.05, 0) is 64.3 Å². The molecule has 1 fully saturated rings. The zero-order valence-corrected chi connectivity index (χ0v) is 14.2. The Morgan fingerprint density at radius 3 is 2.64 bits per heavy atom.